The molecule has 112 valence electrons. The topological polar surface area (TPSA) is 26.0 Å². The van der Waals surface area contributed by atoms with Gasteiger partial charge in [-0.15, -0.1) is 0 Å². The van der Waals surface area contributed by atoms with Crippen LogP contribution in [0.3, 0.4) is 0 Å². The zero-order chi connectivity index (χ0) is 15.6. The van der Waals surface area contributed by atoms with Crippen LogP contribution in [-0.2, 0) is 5.41 Å². The van der Waals surface area contributed by atoms with Gasteiger partial charge in [0.1, 0.15) is 5.82 Å². The first-order valence-corrected chi connectivity index (χ1v) is 7.92. The molecule has 0 unspecified atom stereocenters. The van der Waals surface area contributed by atoms with Crippen molar-refractivity contribution in [3.05, 3.63) is 59.4 Å². The van der Waals surface area contributed by atoms with Crippen molar-refractivity contribution in [2.45, 2.75) is 48.9 Å². The minimum atomic E-state index is -0.241. The van der Waals surface area contributed by atoms with Gasteiger partial charge >= 0.3 is 0 Å². The zero-order valence-electron chi connectivity index (χ0n) is 13.0. The highest BCUT2D eigenvalue weighted by atomic mass is 32.2. The maximum Gasteiger partial charge on any atom is 0.123 e. The predicted molar refractivity (Wildman–Crippen MR) is 88.3 cm³/mol. The molecule has 2 aromatic carbocycles. The van der Waals surface area contributed by atoms with Crippen molar-refractivity contribution < 1.29 is 4.39 Å². The molecule has 0 radical (unpaired) electrons. The van der Waals surface area contributed by atoms with Gasteiger partial charge < -0.3 is 5.73 Å². The van der Waals surface area contributed by atoms with Crippen LogP contribution in [0, 0.1) is 5.82 Å². The fourth-order valence-corrected chi connectivity index (χ4v) is 3.14. The highest BCUT2D eigenvalue weighted by Crippen LogP contribution is 2.34. The normalized spacial score (nSPS) is 13.2. The Labute approximate surface area is 130 Å². The van der Waals surface area contributed by atoms with E-state index in [1.807, 2.05) is 6.92 Å². The summed E-state index contributed by atoms with van der Waals surface area (Å²) in [6, 6.07) is 13.1. The standard InChI is InChI=1S/C18H22FNS/c1-12(20)16-11-14(19)7-10-17(16)21-15-8-5-13(6-9-15)18(2,3)4/h5-12H,20H2,1-4H3/t12-/m1/s1. The first-order chi connectivity index (χ1) is 9.77. The van der Waals surface area contributed by atoms with E-state index in [1.54, 1.807) is 17.8 Å². The molecule has 1 atom stereocenters. The molecule has 0 aliphatic heterocycles. The van der Waals surface area contributed by atoms with Gasteiger partial charge in [-0.1, -0.05) is 44.7 Å². The molecule has 2 aromatic rings. The molecule has 2 rings (SSSR count). The smallest absolute Gasteiger partial charge is 0.123 e. The average Bonchev–Trinajstić information content (AvgIpc) is 2.40. The van der Waals surface area contributed by atoms with Crippen molar-refractivity contribution in [1.29, 1.82) is 0 Å². The second-order valence-electron chi connectivity index (χ2n) is 6.35. The summed E-state index contributed by atoms with van der Waals surface area (Å²) in [6.45, 7) is 8.47. The molecular weight excluding hydrogens is 281 g/mol. The molecule has 0 aliphatic rings. The Hall–Kier alpha value is -1.32. The molecule has 3 heteroatoms. The second kappa shape index (κ2) is 6.20. The summed E-state index contributed by atoms with van der Waals surface area (Å²) < 4.78 is 13.4. The van der Waals surface area contributed by atoms with Crippen molar-refractivity contribution >= 4 is 11.8 Å². The highest BCUT2D eigenvalue weighted by Gasteiger charge is 2.14. The first kappa shape index (κ1) is 16.1. The van der Waals surface area contributed by atoms with Gasteiger partial charge in [-0.25, -0.2) is 4.39 Å². The second-order valence-corrected chi connectivity index (χ2v) is 7.46. The SMILES string of the molecule is C[C@@H](N)c1cc(F)ccc1Sc1ccc(C(C)(C)C)cc1. The lowest BCUT2D eigenvalue weighted by molar-refractivity contribution is 0.589. The lowest BCUT2D eigenvalue weighted by atomic mass is 9.87. The third-order valence-electron chi connectivity index (χ3n) is 3.41. The third kappa shape index (κ3) is 4.08. The maximum absolute atomic E-state index is 13.4. The molecule has 0 saturated heterocycles. The van der Waals surface area contributed by atoms with Crippen LogP contribution in [0.4, 0.5) is 4.39 Å². The van der Waals surface area contributed by atoms with E-state index in [1.165, 1.54) is 17.7 Å². The molecular formula is C18H22FNS. The lowest BCUT2D eigenvalue weighted by Crippen LogP contribution is -2.10. The monoisotopic (exact) mass is 303 g/mol. The Bertz CT molecular complexity index is 612. The maximum atomic E-state index is 13.4. The molecule has 0 fully saturated rings. The van der Waals surface area contributed by atoms with E-state index in [-0.39, 0.29) is 17.3 Å². The van der Waals surface area contributed by atoms with Crippen molar-refractivity contribution in [2.75, 3.05) is 0 Å². The van der Waals surface area contributed by atoms with Gasteiger partial charge in [-0.3, -0.25) is 0 Å². The van der Waals surface area contributed by atoms with Gasteiger partial charge in [0.05, 0.1) is 0 Å². The predicted octanol–water partition coefficient (Wildman–Crippen LogP) is 5.29. The number of rotatable bonds is 3. The number of hydrogen-bond acceptors (Lipinski definition) is 2. The van der Waals surface area contributed by atoms with Crippen molar-refractivity contribution in [1.82, 2.24) is 0 Å². The number of benzene rings is 2. The van der Waals surface area contributed by atoms with Crippen LogP contribution in [0.1, 0.15) is 44.9 Å². The Morgan fingerprint density at radius 3 is 2.19 bits per heavy atom. The fraction of sp³-hybridized carbons (Fsp3) is 0.333. The molecule has 2 N–H and O–H groups in total. The van der Waals surface area contributed by atoms with Gasteiger partial charge in [0.2, 0.25) is 0 Å². The number of halogens is 1. The van der Waals surface area contributed by atoms with E-state index in [0.717, 1.165) is 15.4 Å². The van der Waals surface area contributed by atoms with Gasteiger partial charge in [0.25, 0.3) is 0 Å². The van der Waals surface area contributed by atoms with Gasteiger partial charge in [-0.05, 0) is 53.8 Å². The van der Waals surface area contributed by atoms with Crippen LogP contribution in [0.5, 0.6) is 0 Å². The van der Waals surface area contributed by atoms with E-state index in [4.69, 9.17) is 5.73 Å². The molecule has 0 amide bonds. The molecule has 21 heavy (non-hydrogen) atoms. The summed E-state index contributed by atoms with van der Waals surface area (Å²) in [5, 5.41) is 0. The van der Waals surface area contributed by atoms with Gasteiger partial charge in [0, 0.05) is 15.8 Å². The van der Waals surface area contributed by atoms with Crippen LogP contribution in [0.2, 0.25) is 0 Å². The molecule has 0 aliphatic carbocycles. The van der Waals surface area contributed by atoms with E-state index in [0.29, 0.717) is 0 Å². The van der Waals surface area contributed by atoms with Crippen molar-refractivity contribution in [3.8, 4) is 0 Å². The molecule has 0 bridgehead atoms. The Balaban J connectivity index is 2.26. The summed E-state index contributed by atoms with van der Waals surface area (Å²) >= 11 is 1.62. The first-order valence-electron chi connectivity index (χ1n) is 7.11. The largest absolute Gasteiger partial charge is 0.324 e. The van der Waals surface area contributed by atoms with Crippen molar-refractivity contribution in [2.24, 2.45) is 5.73 Å². The Morgan fingerprint density at radius 2 is 1.67 bits per heavy atom. The van der Waals surface area contributed by atoms with Gasteiger partial charge in [0.15, 0.2) is 0 Å². The van der Waals surface area contributed by atoms with Crippen molar-refractivity contribution in [3.63, 3.8) is 0 Å². The molecule has 0 saturated carbocycles. The fourth-order valence-electron chi connectivity index (χ4n) is 2.12. The average molecular weight is 303 g/mol. The van der Waals surface area contributed by atoms with E-state index < -0.39 is 0 Å². The number of nitrogens with two attached hydrogens (primary N) is 1. The van der Waals surface area contributed by atoms with E-state index in [2.05, 4.69) is 45.0 Å². The Kier molecular flexibility index (Phi) is 4.74. The third-order valence-corrected chi connectivity index (χ3v) is 4.51. The van der Waals surface area contributed by atoms with Crippen LogP contribution in [0.15, 0.2) is 52.3 Å². The van der Waals surface area contributed by atoms with Crippen LogP contribution in [-0.4, -0.2) is 0 Å². The number of hydrogen-bond donors (Lipinski definition) is 1. The van der Waals surface area contributed by atoms with Crippen LogP contribution >= 0.6 is 11.8 Å². The summed E-state index contributed by atoms with van der Waals surface area (Å²) in [5.74, 6) is -0.241. The molecule has 0 spiro atoms. The van der Waals surface area contributed by atoms with Gasteiger partial charge in [-0.2, -0.15) is 0 Å². The molecule has 1 nitrogen and oxygen atoms in total. The minimum absolute atomic E-state index is 0.149. The molecule has 0 heterocycles. The minimum Gasteiger partial charge on any atom is -0.324 e. The Morgan fingerprint density at radius 1 is 1.05 bits per heavy atom. The van der Waals surface area contributed by atoms with E-state index >= 15 is 0 Å². The highest BCUT2D eigenvalue weighted by molar-refractivity contribution is 7.99. The zero-order valence-corrected chi connectivity index (χ0v) is 13.8. The summed E-state index contributed by atoms with van der Waals surface area (Å²) in [4.78, 5) is 2.14. The molecule has 0 aromatic heterocycles. The van der Waals surface area contributed by atoms with Crippen LogP contribution in [0.25, 0.3) is 0 Å². The van der Waals surface area contributed by atoms with E-state index in [9.17, 15) is 4.39 Å². The quantitative estimate of drug-likeness (QED) is 0.833. The summed E-state index contributed by atoms with van der Waals surface area (Å²) in [5.41, 5.74) is 8.24. The summed E-state index contributed by atoms with van der Waals surface area (Å²) in [6.07, 6.45) is 0. The summed E-state index contributed by atoms with van der Waals surface area (Å²) in [7, 11) is 0. The van der Waals surface area contributed by atoms with Crippen LogP contribution < -0.4 is 5.73 Å². The lowest BCUT2D eigenvalue weighted by Gasteiger charge is -2.19.